The lowest BCUT2D eigenvalue weighted by Gasteiger charge is -2.14. The van der Waals surface area contributed by atoms with E-state index in [9.17, 15) is 0 Å². The summed E-state index contributed by atoms with van der Waals surface area (Å²) in [7, 11) is 0. The van der Waals surface area contributed by atoms with Gasteiger partial charge in [0.15, 0.2) is 0 Å². The highest BCUT2D eigenvalue weighted by Crippen LogP contribution is 2.43. The van der Waals surface area contributed by atoms with Gasteiger partial charge in [-0.3, -0.25) is 0 Å². The van der Waals surface area contributed by atoms with E-state index in [1.54, 1.807) is 0 Å². The maximum Gasteiger partial charge on any atom is 0.0547 e. The average molecular weight is 787 g/mol. The summed E-state index contributed by atoms with van der Waals surface area (Å²) in [5.41, 5.74) is 14.4. The van der Waals surface area contributed by atoms with Gasteiger partial charge in [-0.05, 0) is 145 Å². The maximum atomic E-state index is 2.44. The third-order valence-electron chi connectivity index (χ3n) is 13.1. The number of para-hydroxylation sites is 3. The molecule has 0 unspecified atom stereocenters. The first-order valence-corrected chi connectivity index (χ1v) is 21.4. The first-order chi connectivity index (χ1) is 30.7. The molecule has 0 aliphatic carbocycles. The van der Waals surface area contributed by atoms with Crippen LogP contribution in [0.2, 0.25) is 0 Å². The van der Waals surface area contributed by atoms with Crippen LogP contribution in [0.1, 0.15) is 0 Å². The lowest BCUT2D eigenvalue weighted by atomic mass is 9.90. The standard InChI is InChI=1S/C60H38N2/c1-4-15-39(16-5-1)42-28-31-58-54(35-42)55-36-44(29-32-59(55)61(58)45-19-6-2-7-20-45)41-18-14-17-40(33-41)43-27-30-49-51(34-43)47-23-10-11-24-48(47)53-38-60-56(37-52(49)53)50-25-12-13-26-57(50)62(60)46-21-8-3-9-22-46/h1-38H. The molecule has 0 spiro atoms. The largest absolute Gasteiger partial charge is 0.309 e. The fraction of sp³-hybridized carbons (Fsp3) is 0. The number of benzene rings is 11. The molecule has 13 aromatic rings. The summed E-state index contributed by atoms with van der Waals surface area (Å²) in [5, 5.41) is 12.7. The molecule has 2 heteroatoms. The Bertz CT molecular complexity index is 3890. The molecular formula is C60H38N2. The lowest BCUT2D eigenvalue weighted by Crippen LogP contribution is -1.93. The average Bonchev–Trinajstić information content (AvgIpc) is 3.86. The second-order valence-corrected chi connectivity index (χ2v) is 16.5. The fourth-order valence-electron chi connectivity index (χ4n) is 10.2. The van der Waals surface area contributed by atoms with Gasteiger partial charge in [-0.15, -0.1) is 0 Å². The lowest BCUT2D eigenvalue weighted by molar-refractivity contribution is 1.18. The quantitative estimate of drug-likeness (QED) is 0.154. The second kappa shape index (κ2) is 13.7. The fourth-order valence-corrected chi connectivity index (χ4v) is 10.2. The first kappa shape index (κ1) is 34.6. The van der Waals surface area contributed by atoms with Crippen LogP contribution < -0.4 is 0 Å². The molecule has 13 rings (SSSR count). The van der Waals surface area contributed by atoms with E-state index < -0.39 is 0 Å². The zero-order valence-corrected chi connectivity index (χ0v) is 33.8. The van der Waals surface area contributed by atoms with Crippen molar-refractivity contribution in [2.75, 3.05) is 0 Å². The highest BCUT2D eigenvalue weighted by atomic mass is 15.0. The molecule has 62 heavy (non-hydrogen) atoms. The maximum absolute atomic E-state index is 2.44. The van der Waals surface area contributed by atoms with Gasteiger partial charge >= 0.3 is 0 Å². The van der Waals surface area contributed by atoms with Gasteiger partial charge in [-0.2, -0.15) is 0 Å². The van der Waals surface area contributed by atoms with Gasteiger partial charge in [0, 0.05) is 32.9 Å². The van der Waals surface area contributed by atoms with E-state index in [2.05, 4.69) is 240 Å². The topological polar surface area (TPSA) is 9.86 Å². The van der Waals surface area contributed by atoms with Gasteiger partial charge in [-0.1, -0.05) is 152 Å². The molecule has 0 atom stereocenters. The number of hydrogen-bond donors (Lipinski definition) is 0. The molecule has 0 N–H and O–H groups in total. The van der Waals surface area contributed by atoms with Gasteiger partial charge in [0.1, 0.15) is 0 Å². The highest BCUT2D eigenvalue weighted by molar-refractivity contribution is 6.29. The van der Waals surface area contributed by atoms with Crippen LogP contribution in [-0.4, -0.2) is 9.13 Å². The van der Waals surface area contributed by atoms with Gasteiger partial charge in [0.25, 0.3) is 0 Å². The van der Waals surface area contributed by atoms with Gasteiger partial charge < -0.3 is 9.13 Å². The summed E-state index contributed by atoms with van der Waals surface area (Å²) in [6.07, 6.45) is 0. The Balaban J connectivity index is 0.974. The molecule has 0 aliphatic rings. The summed E-state index contributed by atoms with van der Waals surface area (Å²) in [6, 6.07) is 84.8. The molecule has 0 amide bonds. The molecule has 0 fully saturated rings. The molecule has 11 aromatic carbocycles. The van der Waals surface area contributed by atoms with E-state index in [1.165, 1.54) is 115 Å². The van der Waals surface area contributed by atoms with E-state index in [1.807, 2.05) is 0 Å². The highest BCUT2D eigenvalue weighted by Gasteiger charge is 2.18. The Morgan fingerprint density at radius 2 is 0.565 bits per heavy atom. The van der Waals surface area contributed by atoms with Crippen molar-refractivity contribution in [3.63, 3.8) is 0 Å². The summed E-state index contributed by atoms with van der Waals surface area (Å²) in [5.74, 6) is 0. The summed E-state index contributed by atoms with van der Waals surface area (Å²) in [6.45, 7) is 0. The van der Waals surface area contributed by atoms with Crippen LogP contribution in [-0.2, 0) is 0 Å². The van der Waals surface area contributed by atoms with Crippen molar-refractivity contribution in [2.45, 2.75) is 0 Å². The minimum absolute atomic E-state index is 1.16. The molecule has 2 nitrogen and oxygen atoms in total. The van der Waals surface area contributed by atoms with Crippen molar-refractivity contribution in [1.29, 1.82) is 0 Å². The third kappa shape index (κ3) is 5.30. The van der Waals surface area contributed by atoms with Gasteiger partial charge in [0.05, 0.1) is 22.1 Å². The SMILES string of the molecule is c1ccc(-c2ccc3c(c2)c2cc(-c4cccc(-c5ccc6c(c5)c5ccccc5c5cc7c(cc65)c5ccccc5n7-c5ccccc5)c4)ccc2n3-c2ccccc2)cc1. The third-order valence-corrected chi connectivity index (χ3v) is 13.1. The number of nitrogens with zero attached hydrogens (tertiary/aromatic N) is 2. The normalized spacial score (nSPS) is 11.9. The zero-order valence-electron chi connectivity index (χ0n) is 33.8. The molecule has 0 radical (unpaired) electrons. The molecule has 2 aromatic heterocycles. The van der Waals surface area contributed by atoms with Crippen molar-refractivity contribution in [1.82, 2.24) is 9.13 Å². The van der Waals surface area contributed by atoms with Crippen molar-refractivity contribution in [3.8, 4) is 44.8 Å². The molecule has 0 saturated heterocycles. The van der Waals surface area contributed by atoms with Crippen molar-refractivity contribution in [2.24, 2.45) is 0 Å². The van der Waals surface area contributed by atoms with Crippen LogP contribution in [0.25, 0.3) is 121 Å². The van der Waals surface area contributed by atoms with Gasteiger partial charge in [-0.25, -0.2) is 0 Å². The van der Waals surface area contributed by atoms with Crippen molar-refractivity contribution >= 4 is 75.9 Å². The Morgan fingerprint density at radius 1 is 0.177 bits per heavy atom. The van der Waals surface area contributed by atoms with Crippen molar-refractivity contribution in [3.05, 3.63) is 231 Å². The van der Waals surface area contributed by atoms with E-state index in [0.29, 0.717) is 0 Å². The predicted molar refractivity (Wildman–Crippen MR) is 264 cm³/mol. The van der Waals surface area contributed by atoms with Crippen molar-refractivity contribution < 1.29 is 0 Å². The Hall–Kier alpha value is -8.20. The van der Waals surface area contributed by atoms with Crippen LogP contribution in [0.3, 0.4) is 0 Å². The molecule has 288 valence electrons. The second-order valence-electron chi connectivity index (χ2n) is 16.5. The molecule has 0 saturated carbocycles. The van der Waals surface area contributed by atoms with E-state index in [0.717, 1.165) is 5.69 Å². The molecule has 0 bridgehead atoms. The number of aromatic nitrogens is 2. The van der Waals surface area contributed by atoms with Crippen LogP contribution in [0, 0.1) is 0 Å². The Morgan fingerprint density at radius 3 is 1.19 bits per heavy atom. The number of rotatable bonds is 5. The minimum Gasteiger partial charge on any atom is -0.309 e. The van der Waals surface area contributed by atoms with Crippen LogP contribution in [0.15, 0.2) is 231 Å². The van der Waals surface area contributed by atoms with Gasteiger partial charge in [0.2, 0.25) is 0 Å². The molecule has 2 heterocycles. The van der Waals surface area contributed by atoms with Crippen LogP contribution in [0.4, 0.5) is 0 Å². The van der Waals surface area contributed by atoms with Crippen LogP contribution in [0.5, 0.6) is 0 Å². The predicted octanol–water partition coefficient (Wildman–Crippen LogP) is 16.3. The number of hydrogen-bond acceptors (Lipinski definition) is 0. The summed E-state index contributed by atoms with van der Waals surface area (Å²) >= 11 is 0. The zero-order chi connectivity index (χ0) is 40.7. The van der Waals surface area contributed by atoms with Crippen LogP contribution >= 0.6 is 0 Å². The van der Waals surface area contributed by atoms with E-state index in [4.69, 9.17) is 0 Å². The van der Waals surface area contributed by atoms with E-state index >= 15 is 0 Å². The summed E-state index contributed by atoms with van der Waals surface area (Å²) < 4.78 is 4.81. The number of fused-ring (bicyclic) bond motifs is 12. The molecular weight excluding hydrogens is 749 g/mol. The molecule has 0 aliphatic heterocycles. The first-order valence-electron chi connectivity index (χ1n) is 21.4. The summed E-state index contributed by atoms with van der Waals surface area (Å²) in [4.78, 5) is 0. The Kier molecular flexibility index (Phi) is 7.64. The monoisotopic (exact) mass is 786 g/mol. The Labute approximate surface area is 358 Å². The van der Waals surface area contributed by atoms with E-state index in [-0.39, 0.29) is 0 Å². The smallest absolute Gasteiger partial charge is 0.0547 e. The minimum atomic E-state index is 1.16.